The Labute approximate surface area is 105 Å². The summed E-state index contributed by atoms with van der Waals surface area (Å²) >= 11 is 0. The standard InChI is InChI=1S/C13H27N3O/c1-12(2,13(3,4)14)11(17)15-10-7-6-8-16(5)9-10/h10H,6-9,14H2,1-5H3,(H,15,17). The normalized spacial score (nSPS) is 23.5. The summed E-state index contributed by atoms with van der Waals surface area (Å²) in [6.45, 7) is 9.69. The molecule has 3 N–H and O–H groups in total. The van der Waals surface area contributed by atoms with Crippen molar-refractivity contribution >= 4 is 5.91 Å². The summed E-state index contributed by atoms with van der Waals surface area (Å²) in [4.78, 5) is 14.5. The average Bonchev–Trinajstić information content (AvgIpc) is 2.15. The minimum absolute atomic E-state index is 0.0605. The van der Waals surface area contributed by atoms with E-state index in [9.17, 15) is 4.79 Å². The number of carbonyl (C=O) groups excluding carboxylic acids is 1. The Bertz CT molecular complexity index is 281. The van der Waals surface area contributed by atoms with E-state index in [-0.39, 0.29) is 11.9 Å². The Balaban J connectivity index is 2.60. The monoisotopic (exact) mass is 241 g/mol. The molecule has 1 saturated heterocycles. The number of nitrogens with zero attached hydrogens (tertiary/aromatic N) is 1. The minimum atomic E-state index is -0.553. The van der Waals surface area contributed by atoms with Crippen LogP contribution in [-0.4, -0.2) is 42.5 Å². The van der Waals surface area contributed by atoms with E-state index >= 15 is 0 Å². The van der Waals surface area contributed by atoms with Gasteiger partial charge in [0, 0.05) is 18.1 Å². The molecule has 0 aromatic rings. The number of likely N-dealkylation sites (N-methyl/N-ethyl adjacent to an activating group) is 1. The first-order valence-electron chi connectivity index (χ1n) is 6.43. The number of carbonyl (C=O) groups is 1. The molecule has 17 heavy (non-hydrogen) atoms. The van der Waals surface area contributed by atoms with Gasteiger partial charge in [0.2, 0.25) is 5.91 Å². The van der Waals surface area contributed by atoms with E-state index in [0.29, 0.717) is 0 Å². The molecular weight excluding hydrogens is 214 g/mol. The maximum absolute atomic E-state index is 12.3. The largest absolute Gasteiger partial charge is 0.352 e. The van der Waals surface area contributed by atoms with Crippen molar-refractivity contribution in [3.63, 3.8) is 0 Å². The van der Waals surface area contributed by atoms with E-state index in [2.05, 4.69) is 17.3 Å². The lowest BCUT2D eigenvalue weighted by Gasteiger charge is -2.39. The Morgan fingerprint density at radius 1 is 1.35 bits per heavy atom. The van der Waals surface area contributed by atoms with Crippen LogP contribution in [-0.2, 0) is 4.79 Å². The molecular formula is C13H27N3O. The maximum Gasteiger partial charge on any atom is 0.227 e. The van der Waals surface area contributed by atoms with Crippen LogP contribution in [0.1, 0.15) is 40.5 Å². The zero-order valence-electron chi connectivity index (χ0n) is 11.8. The van der Waals surface area contributed by atoms with Gasteiger partial charge in [-0.3, -0.25) is 4.79 Å². The fourth-order valence-corrected chi connectivity index (χ4v) is 1.94. The lowest BCUT2D eigenvalue weighted by molar-refractivity contribution is -0.133. The van der Waals surface area contributed by atoms with Gasteiger partial charge in [0.05, 0.1) is 5.41 Å². The van der Waals surface area contributed by atoms with Crippen molar-refractivity contribution in [2.75, 3.05) is 20.1 Å². The molecule has 1 rings (SSSR count). The van der Waals surface area contributed by atoms with E-state index in [1.54, 1.807) is 0 Å². The summed E-state index contributed by atoms with van der Waals surface area (Å²) in [6, 6.07) is 0.267. The second-order valence-corrected chi connectivity index (χ2v) is 6.42. The summed E-state index contributed by atoms with van der Waals surface area (Å²) in [5, 5.41) is 3.14. The summed E-state index contributed by atoms with van der Waals surface area (Å²) in [6.07, 6.45) is 2.21. The number of rotatable bonds is 3. The second kappa shape index (κ2) is 4.94. The zero-order valence-corrected chi connectivity index (χ0v) is 11.8. The molecule has 1 aliphatic heterocycles. The third-order valence-corrected chi connectivity index (χ3v) is 4.14. The molecule has 0 saturated carbocycles. The Morgan fingerprint density at radius 3 is 2.41 bits per heavy atom. The van der Waals surface area contributed by atoms with E-state index < -0.39 is 11.0 Å². The summed E-state index contributed by atoms with van der Waals surface area (Å²) in [5.41, 5.74) is 5.01. The highest BCUT2D eigenvalue weighted by atomic mass is 16.2. The summed E-state index contributed by atoms with van der Waals surface area (Å²) in [5.74, 6) is 0.0605. The van der Waals surface area contributed by atoms with Gasteiger partial charge in [-0.25, -0.2) is 0 Å². The third-order valence-electron chi connectivity index (χ3n) is 4.14. The van der Waals surface area contributed by atoms with Crippen LogP contribution in [0, 0.1) is 5.41 Å². The van der Waals surface area contributed by atoms with Crippen molar-refractivity contribution in [1.82, 2.24) is 10.2 Å². The van der Waals surface area contributed by atoms with Crippen molar-refractivity contribution in [3.8, 4) is 0 Å². The molecule has 0 spiro atoms. The van der Waals surface area contributed by atoms with Crippen LogP contribution in [0.2, 0.25) is 0 Å². The van der Waals surface area contributed by atoms with Gasteiger partial charge in [0.25, 0.3) is 0 Å². The Hall–Kier alpha value is -0.610. The molecule has 1 aliphatic rings. The highest BCUT2D eigenvalue weighted by Crippen LogP contribution is 2.28. The van der Waals surface area contributed by atoms with Crippen molar-refractivity contribution in [2.24, 2.45) is 11.1 Å². The van der Waals surface area contributed by atoms with Gasteiger partial charge in [0.15, 0.2) is 0 Å². The number of hydrogen-bond donors (Lipinski definition) is 2. The fourth-order valence-electron chi connectivity index (χ4n) is 1.94. The van der Waals surface area contributed by atoms with Crippen LogP contribution < -0.4 is 11.1 Å². The Kier molecular flexibility index (Phi) is 4.20. The second-order valence-electron chi connectivity index (χ2n) is 6.42. The topological polar surface area (TPSA) is 58.4 Å². The van der Waals surface area contributed by atoms with Crippen molar-refractivity contribution in [2.45, 2.75) is 52.1 Å². The highest BCUT2D eigenvalue weighted by molar-refractivity contribution is 5.83. The number of piperidine rings is 1. The van der Waals surface area contributed by atoms with Crippen LogP contribution in [0.15, 0.2) is 0 Å². The van der Waals surface area contributed by atoms with Gasteiger partial charge in [-0.05, 0) is 54.1 Å². The molecule has 4 heteroatoms. The quantitative estimate of drug-likeness (QED) is 0.774. The maximum atomic E-state index is 12.3. The molecule has 100 valence electrons. The first kappa shape index (κ1) is 14.5. The molecule has 1 unspecified atom stereocenters. The van der Waals surface area contributed by atoms with Crippen molar-refractivity contribution in [3.05, 3.63) is 0 Å². The van der Waals surface area contributed by atoms with E-state index in [1.807, 2.05) is 27.7 Å². The third kappa shape index (κ3) is 3.42. The van der Waals surface area contributed by atoms with Crippen LogP contribution in [0.5, 0.6) is 0 Å². The minimum Gasteiger partial charge on any atom is -0.352 e. The van der Waals surface area contributed by atoms with Crippen LogP contribution in [0.4, 0.5) is 0 Å². The molecule has 0 aromatic carbocycles. The van der Waals surface area contributed by atoms with Gasteiger partial charge in [0.1, 0.15) is 0 Å². The van der Waals surface area contributed by atoms with Gasteiger partial charge in [-0.15, -0.1) is 0 Å². The molecule has 0 radical (unpaired) electrons. The molecule has 0 bridgehead atoms. The smallest absolute Gasteiger partial charge is 0.227 e. The predicted octanol–water partition coefficient (Wildman–Crippen LogP) is 0.960. The van der Waals surface area contributed by atoms with E-state index in [4.69, 9.17) is 5.73 Å². The average molecular weight is 241 g/mol. The van der Waals surface area contributed by atoms with Crippen molar-refractivity contribution in [1.29, 1.82) is 0 Å². The SMILES string of the molecule is CN1CCCC(NC(=O)C(C)(C)C(C)(C)N)C1. The van der Waals surface area contributed by atoms with E-state index in [0.717, 1.165) is 25.9 Å². The molecule has 1 atom stereocenters. The number of amides is 1. The van der Waals surface area contributed by atoms with Crippen LogP contribution in [0.25, 0.3) is 0 Å². The van der Waals surface area contributed by atoms with Gasteiger partial charge >= 0.3 is 0 Å². The molecule has 1 heterocycles. The van der Waals surface area contributed by atoms with Gasteiger partial charge < -0.3 is 16.0 Å². The molecule has 1 amide bonds. The van der Waals surface area contributed by atoms with Crippen LogP contribution in [0.3, 0.4) is 0 Å². The van der Waals surface area contributed by atoms with Gasteiger partial charge in [-0.2, -0.15) is 0 Å². The number of hydrogen-bond acceptors (Lipinski definition) is 3. The number of likely N-dealkylation sites (tertiary alicyclic amines) is 1. The van der Waals surface area contributed by atoms with E-state index in [1.165, 1.54) is 0 Å². The first-order chi connectivity index (χ1) is 7.64. The zero-order chi connectivity index (χ0) is 13.3. The Morgan fingerprint density at radius 2 is 1.94 bits per heavy atom. The molecule has 0 aliphatic carbocycles. The lowest BCUT2D eigenvalue weighted by atomic mass is 9.74. The summed E-state index contributed by atoms with van der Waals surface area (Å²) in [7, 11) is 2.09. The van der Waals surface area contributed by atoms with Gasteiger partial charge in [-0.1, -0.05) is 0 Å². The van der Waals surface area contributed by atoms with Crippen LogP contribution >= 0.6 is 0 Å². The van der Waals surface area contributed by atoms with Crippen molar-refractivity contribution < 1.29 is 4.79 Å². The number of nitrogens with two attached hydrogens (primary N) is 1. The number of nitrogens with one attached hydrogen (secondary N) is 1. The molecule has 4 nitrogen and oxygen atoms in total. The lowest BCUT2D eigenvalue weighted by Crippen LogP contribution is -2.58. The highest BCUT2D eigenvalue weighted by Gasteiger charge is 2.41. The first-order valence-corrected chi connectivity index (χ1v) is 6.43. The summed E-state index contributed by atoms with van der Waals surface area (Å²) < 4.78 is 0. The predicted molar refractivity (Wildman–Crippen MR) is 70.7 cm³/mol. The molecule has 0 aromatic heterocycles. The molecule has 1 fully saturated rings. The fraction of sp³-hybridized carbons (Fsp3) is 0.923.